The predicted octanol–water partition coefficient (Wildman–Crippen LogP) is 2.27. The summed E-state index contributed by atoms with van der Waals surface area (Å²) in [5.74, 6) is 2.02. The predicted molar refractivity (Wildman–Crippen MR) is 88.2 cm³/mol. The number of rotatable bonds is 5. The third-order valence-electron chi connectivity index (χ3n) is 3.71. The van der Waals surface area contributed by atoms with Gasteiger partial charge >= 0.3 is 0 Å². The molecule has 1 amide bonds. The largest absolute Gasteiger partial charge is 0.496 e. The maximum Gasteiger partial charge on any atom is 0.258 e. The van der Waals surface area contributed by atoms with Crippen LogP contribution in [0.3, 0.4) is 0 Å². The lowest BCUT2D eigenvalue weighted by Crippen LogP contribution is -2.40. The van der Waals surface area contributed by atoms with Crippen LogP contribution in [-0.2, 0) is 0 Å². The summed E-state index contributed by atoms with van der Waals surface area (Å²) >= 11 is 0. The molecule has 0 radical (unpaired) electrons. The summed E-state index contributed by atoms with van der Waals surface area (Å²) in [4.78, 5) is 12.5. The summed E-state index contributed by atoms with van der Waals surface area (Å²) in [6, 6.07) is 12.7. The molecule has 1 aliphatic heterocycles. The Morgan fingerprint density at radius 3 is 2.42 bits per heavy atom. The Labute approximate surface area is 140 Å². The fourth-order valence-corrected chi connectivity index (χ4v) is 2.53. The van der Waals surface area contributed by atoms with Crippen molar-refractivity contribution < 1.29 is 23.7 Å². The Balaban J connectivity index is 1.67. The molecule has 0 spiro atoms. The number of carbonyl (C=O) groups excluding carboxylic acids is 1. The smallest absolute Gasteiger partial charge is 0.258 e. The van der Waals surface area contributed by atoms with Crippen LogP contribution in [-0.4, -0.2) is 39.4 Å². The number of benzene rings is 2. The van der Waals surface area contributed by atoms with Gasteiger partial charge in [0.25, 0.3) is 5.91 Å². The van der Waals surface area contributed by atoms with Crippen molar-refractivity contribution in [1.29, 1.82) is 0 Å². The van der Waals surface area contributed by atoms with Gasteiger partial charge in [0.1, 0.15) is 29.8 Å². The molecule has 126 valence electrons. The summed E-state index contributed by atoms with van der Waals surface area (Å²) in [6.45, 7) is 0.689. The van der Waals surface area contributed by atoms with Crippen molar-refractivity contribution in [2.75, 3.05) is 27.4 Å². The van der Waals surface area contributed by atoms with Gasteiger partial charge in [0.2, 0.25) is 0 Å². The summed E-state index contributed by atoms with van der Waals surface area (Å²) in [5, 5.41) is 2.84. The summed E-state index contributed by atoms with van der Waals surface area (Å²) in [5.41, 5.74) is 0.361. The van der Waals surface area contributed by atoms with Crippen LogP contribution in [0.2, 0.25) is 0 Å². The van der Waals surface area contributed by atoms with E-state index in [4.69, 9.17) is 18.9 Å². The molecule has 6 nitrogen and oxygen atoms in total. The Morgan fingerprint density at radius 1 is 1.08 bits per heavy atom. The minimum Gasteiger partial charge on any atom is -0.496 e. The van der Waals surface area contributed by atoms with Gasteiger partial charge in [-0.15, -0.1) is 0 Å². The number of hydrogen-bond acceptors (Lipinski definition) is 5. The van der Waals surface area contributed by atoms with Crippen molar-refractivity contribution in [2.24, 2.45) is 0 Å². The normalized spacial score (nSPS) is 15.5. The van der Waals surface area contributed by atoms with Crippen molar-refractivity contribution in [3.8, 4) is 23.0 Å². The molecule has 2 aromatic rings. The molecule has 0 bridgehead atoms. The molecule has 1 N–H and O–H groups in total. The van der Waals surface area contributed by atoms with Crippen molar-refractivity contribution in [3.63, 3.8) is 0 Å². The zero-order chi connectivity index (χ0) is 16.9. The second kappa shape index (κ2) is 7.12. The quantitative estimate of drug-likeness (QED) is 0.911. The van der Waals surface area contributed by atoms with Crippen LogP contribution in [0.15, 0.2) is 42.5 Å². The van der Waals surface area contributed by atoms with Crippen LogP contribution >= 0.6 is 0 Å². The highest BCUT2D eigenvalue weighted by Crippen LogP contribution is 2.31. The van der Waals surface area contributed by atoms with Crippen LogP contribution in [0.1, 0.15) is 10.4 Å². The maximum absolute atomic E-state index is 12.5. The lowest BCUT2D eigenvalue weighted by Gasteiger charge is -2.26. The Hall–Kier alpha value is -2.89. The molecule has 1 atom stereocenters. The van der Waals surface area contributed by atoms with E-state index in [9.17, 15) is 4.79 Å². The molecule has 0 saturated heterocycles. The van der Waals surface area contributed by atoms with E-state index in [2.05, 4.69) is 5.32 Å². The summed E-state index contributed by atoms with van der Waals surface area (Å²) in [7, 11) is 3.03. The molecule has 2 aromatic carbocycles. The van der Waals surface area contributed by atoms with Crippen molar-refractivity contribution in [1.82, 2.24) is 5.32 Å². The number of carbonyl (C=O) groups is 1. The van der Waals surface area contributed by atoms with Gasteiger partial charge in [0.05, 0.1) is 20.8 Å². The van der Waals surface area contributed by atoms with E-state index in [1.165, 1.54) is 14.2 Å². The molecule has 1 aliphatic rings. The first-order valence-electron chi connectivity index (χ1n) is 7.60. The first-order valence-corrected chi connectivity index (χ1v) is 7.60. The van der Waals surface area contributed by atoms with Gasteiger partial charge in [-0.25, -0.2) is 0 Å². The van der Waals surface area contributed by atoms with Crippen molar-refractivity contribution in [3.05, 3.63) is 48.0 Å². The number of nitrogens with one attached hydrogen (secondary N) is 1. The van der Waals surface area contributed by atoms with Gasteiger partial charge in [0, 0.05) is 0 Å². The summed E-state index contributed by atoms with van der Waals surface area (Å²) < 4.78 is 22.0. The highest BCUT2D eigenvalue weighted by molar-refractivity contribution is 5.99. The lowest BCUT2D eigenvalue weighted by molar-refractivity contribution is 0.0786. The van der Waals surface area contributed by atoms with Crippen molar-refractivity contribution >= 4 is 5.91 Å². The number of methoxy groups -OCH3 is 2. The van der Waals surface area contributed by atoms with E-state index in [1.54, 1.807) is 18.2 Å². The van der Waals surface area contributed by atoms with Gasteiger partial charge in [-0.2, -0.15) is 0 Å². The van der Waals surface area contributed by atoms with Gasteiger partial charge in [-0.1, -0.05) is 18.2 Å². The van der Waals surface area contributed by atoms with Gasteiger partial charge in [-0.05, 0) is 24.3 Å². The van der Waals surface area contributed by atoms with Crippen LogP contribution < -0.4 is 24.3 Å². The second-order valence-electron chi connectivity index (χ2n) is 5.25. The molecule has 0 unspecified atom stereocenters. The average molecular weight is 329 g/mol. The van der Waals surface area contributed by atoms with E-state index in [0.29, 0.717) is 41.7 Å². The van der Waals surface area contributed by atoms with Gasteiger partial charge in [0.15, 0.2) is 11.5 Å². The first kappa shape index (κ1) is 16.0. The average Bonchev–Trinajstić information content (AvgIpc) is 2.65. The molecule has 0 fully saturated rings. The highest BCUT2D eigenvalue weighted by Gasteiger charge is 2.23. The minimum absolute atomic E-state index is 0.260. The first-order chi connectivity index (χ1) is 11.7. The molecule has 6 heteroatoms. The standard InChI is InChI=1S/C18H19NO5/c1-21-15-8-5-9-16(22-2)17(15)18(20)19-10-12-11-23-13-6-3-4-7-14(13)24-12/h3-9,12H,10-11H2,1-2H3,(H,19,20)/t12-/m1/s1. The van der Waals surface area contributed by atoms with E-state index >= 15 is 0 Å². The Morgan fingerprint density at radius 2 is 1.75 bits per heavy atom. The van der Waals surface area contributed by atoms with E-state index in [1.807, 2.05) is 24.3 Å². The fraction of sp³-hybridized carbons (Fsp3) is 0.278. The third kappa shape index (κ3) is 3.22. The molecule has 24 heavy (non-hydrogen) atoms. The highest BCUT2D eigenvalue weighted by atomic mass is 16.6. The van der Waals surface area contributed by atoms with Gasteiger partial charge in [-0.3, -0.25) is 4.79 Å². The molecule has 3 rings (SSSR count). The SMILES string of the molecule is COc1cccc(OC)c1C(=O)NC[C@@H]1COc2ccccc2O1. The van der Waals surface area contributed by atoms with E-state index in [-0.39, 0.29) is 12.0 Å². The minimum atomic E-state index is -0.285. The molecular weight excluding hydrogens is 310 g/mol. The van der Waals surface area contributed by atoms with E-state index in [0.717, 1.165) is 0 Å². The zero-order valence-corrected chi connectivity index (χ0v) is 13.6. The zero-order valence-electron chi connectivity index (χ0n) is 13.6. The monoisotopic (exact) mass is 329 g/mol. The molecule has 1 heterocycles. The number of hydrogen-bond donors (Lipinski definition) is 1. The van der Waals surface area contributed by atoms with Crippen molar-refractivity contribution in [2.45, 2.75) is 6.10 Å². The second-order valence-corrected chi connectivity index (χ2v) is 5.25. The molecule has 0 saturated carbocycles. The van der Waals surface area contributed by atoms with Crippen LogP contribution in [0.4, 0.5) is 0 Å². The molecule has 0 aromatic heterocycles. The number of fused-ring (bicyclic) bond motifs is 1. The number of para-hydroxylation sites is 2. The number of ether oxygens (including phenoxy) is 4. The maximum atomic E-state index is 12.5. The Bertz CT molecular complexity index is 709. The van der Waals surface area contributed by atoms with Gasteiger partial charge < -0.3 is 24.3 Å². The van der Waals surface area contributed by atoms with E-state index < -0.39 is 0 Å². The fourth-order valence-electron chi connectivity index (χ4n) is 2.53. The molecular formula is C18H19NO5. The van der Waals surface area contributed by atoms with Crippen LogP contribution in [0.25, 0.3) is 0 Å². The van der Waals surface area contributed by atoms with Crippen LogP contribution in [0.5, 0.6) is 23.0 Å². The molecule has 0 aliphatic carbocycles. The number of amides is 1. The lowest BCUT2D eigenvalue weighted by atomic mass is 10.1. The summed E-state index contributed by atoms with van der Waals surface area (Å²) in [6.07, 6.45) is -0.260. The Kier molecular flexibility index (Phi) is 4.74. The third-order valence-corrected chi connectivity index (χ3v) is 3.71. The van der Waals surface area contributed by atoms with Crippen LogP contribution in [0, 0.1) is 0 Å². The topological polar surface area (TPSA) is 66.0 Å².